The van der Waals surface area contributed by atoms with Crippen LogP contribution in [0.25, 0.3) is 0 Å². The molecule has 16 heavy (non-hydrogen) atoms. The Hall–Kier alpha value is -0.820. The molecule has 0 bridgehead atoms. The van der Waals surface area contributed by atoms with Crippen molar-refractivity contribution in [3.05, 3.63) is 34.4 Å². The number of hydrogen-bond donors (Lipinski definition) is 0. The zero-order valence-electron chi connectivity index (χ0n) is 10.8. The summed E-state index contributed by atoms with van der Waals surface area (Å²) in [4.78, 5) is 0. The van der Waals surface area contributed by atoms with Gasteiger partial charge in [-0.15, -0.1) is 0 Å². The molecule has 1 nitrogen and oxygen atoms in total. The van der Waals surface area contributed by atoms with E-state index in [1.54, 1.807) is 0 Å². The van der Waals surface area contributed by atoms with Crippen LogP contribution in [-0.4, -0.2) is 6.61 Å². The van der Waals surface area contributed by atoms with Crippen LogP contribution < -0.4 is 0 Å². The zero-order valence-corrected chi connectivity index (χ0v) is 10.8. The quantitative estimate of drug-likeness (QED) is 0.694. The Balaban J connectivity index is 3.09. The highest BCUT2D eigenvalue weighted by Crippen LogP contribution is 2.21. The maximum absolute atomic E-state index is 10.6. The zero-order chi connectivity index (χ0) is 12.0. The molecule has 0 aliphatic rings. The summed E-state index contributed by atoms with van der Waals surface area (Å²) in [6.07, 6.45) is 4.98. The van der Waals surface area contributed by atoms with E-state index >= 15 is 0 Å². The molecular formula is C15H23O. The third kappa shape index (κ3) is 3.08. The minimum Gasteiger partial charge on any atom is -0.237 e. The van der Waals surface area contributed by atoms with Gasteiger partial charge in [0, 0.05) is 0 Å². The third-order valence-electron chi connectivity index (χ3n) is 3.24. The predicted molar refractivity (Wildman–Crippen MR) is 68.5 cm³/mol. The Morgan fingerprint density at radius 2 is 1.50 bits per heavy atom. The lowest BCUT2D eigenvalue weighted by Crippen LogP contribution is -2.02. The topological polar surface area (TPSA) is 19.9 Å². The number of benzene rings is 1. The van der Waals surface area contributed by atoms with Gasteiger partial charge < -0.3 is 0 Å². The van der Waals surface area contributed by atoms with Gasteiger partial charge in [0.1, 0.15) is 0 Å². The average Bonchev–Trinajstić information content (AvgIpc) is 2.35. The summed E-state index contributed by atoms with van der Waals surface area (Å²) in [5.41, 5.74) is 5.77. The molecule has 1 aromatic carbocycles. The molecule has 1 heteroatoms. The molecule has 1 rings (SSSR count). The van der Waals surface area contributed by atoms with Crippen molar-refractivity contribution in [1.82, 2.24) is 0 Å². The molecule has 89 valence electrons. The fraction of sp³-hybridized carbons (Fsp3) is 0.600. The van der Waals surface area contributed by atoms with E-state index < -0.39 is 0 Å². The summed E-state index contributed by atoms with van der Waals surface area (Å²) in [7, 11) is 0. The number of aryl methyl sites for hydroxylation is 3. The maximum atomic E-state index is 10.6. The Labute approximate surface area is 99.5 Å². The highest BCUT2D eigenvalue weighted by molar-refractivity contribution is 5.39. The largest absolute Gasteiger partial charge is 0.237 e. The van der Waals surface area contributed by atoms with E-state index in [-0.39, 0.29) is 6.61 Å². The van der Waals surface area contributed by atoms with Gasteiger partial charge in [-0.25, -0.2) is 5.11 Å². The van der Waals surface area contributed by atoms with Gasteiger partial charge in [-0.05, 0) is 54.4 Å². The molecule has 0 saturated carbocycles. The first-order valence-electron chi connectivity index (χ1n) is 6.48. The number of rotatable bonds is 6. The van der Waals surface area contributed by atoms with E-state index in [9.17, 15) is 5.11 Å². The van der Waals surface area contributed by atoms with Gasteiger partial charge in [0.25, 0.3) is 0 Å². The van der Waals surface area contributed by atoms with Gasteiger partial charge in [-0.3, -0.25) is 0 Å². The first-order valence-corrected chi connectivity index (χ1v) is 6.48. The normalized spacial score (nSPS) is 10.8. The first kappa shape index (κ1) is 13.2. The highest BCUT2D eigenvalue weighted by Gasteiger charge is 2.08. The Morgan fingerprint density at radius 1 is 0.938 bits per heavy atom. The fourth-order valence-corrected chi connectivity index (χ4v) is 2.27. The average molecular weight is 219 g/mol. The van der Waals surface area contributed by atoms with E-state index in [1.807, 2.05) is 0 Å². The molecule has 0 N–H and O–H groups in total. The van der Waals surface area contributed by atoms with Gasteiger partial charge in [-0.1, -0.05) is 32.9 Å². The van der Waals surface area contributed by atoms with Crippen molar-refractivity contribution < 1.29 is 5.11 Å². The van der Waals surface area contributed by atoms with Crippen LogP contribution in [0.1, 0.15) is 49.4 Å². The molecule has 0 amide bonds. The lowest BCUT2D eigenvalue weighted by atomic mass is 9.91. The van der Waals surface area contributed by atoms with Gasteiger partial charge in [0.15, 0.2) is 0 Å². The van der Waals surface area contributed by atoms with Crippen LogP contribution in [0.5, 0.6) is 0 Å². The highest BCUT2D eigenvalue weighted by atomic mass is 16.2. The molecule has 1 radical (unpaired) electrons. The van der Waals surface area contributed by atoms with Gasteiger partial charge in [0.2, 0.25) is 0 Å². The van der Waals surface area contributed by atoms with Crippen LogP contribution in [0.15, 0.2) is 12.1 Å². The van der Waals surface area contributed by atoms with Crippen molar-refractivity contribution in [3.8, 4) is 0 Å². The van der Waals surface area contributed by atoms with Crippen LogP contribution in [0.2, 0.25) is 0 Å². The van der Waals surface area contributed by atoms with Crippen LogP contribution in [0.4, 0.5) is 0 Å². The summed E-state index contributed by atoms with van der Waals surface area (Å²) in [5, 5.41) is 10.6. The minimum absolute atomic E-state index is 0.0435. The lowest BCUT2D eigenvalue weighted by Gasteiger charge is -2.15. The van der Waals surface area contributed by atoms with E-state index in [0.29, 0.717) is 0 Å². The molecule has 0 unspecified atom stereocenters. The Morgan fingerprint density at radius 3 is 1.88 bits per heavy atom. The van der Waals surface area contributed by atoms with E-state index in [0.717, 1.165) is 32.1 Å². The molecule has 0 saturated heterocycles. The van der Waals surface area contributed by atoms with Crippen molar-refractivity contribution in [1.29, 1.82) is 0 Å². The molecule has 1 aromatic rings. The second-order valence-corrected chi connectivity index (χ2v) is 4.26. The van der Waals surface area contributed by atoms with Crippen LogP contribution in [0, 0.1) is 0 Å². The second kappa shape index (κ2) is 6.70. The van der Waals surface area contributed by atoms with Crippen LogP contribution in [0.3, 0.4) is 0 Å². The molecule has 0 spiro atoms. The standard InChI is InChI=1S/C15H23O/c1-4-12-10-13(5-2)15(8-7-9-16)14(6-3)11-12/h10-11H,4-9H2,1-3H3. The summed E-state index contributed by atoms with van der Waals surface area (Å²) in [6, 6.07) is 4.64. The van der Waals surface area contributed by atoms with Gasteiger partial charge >= 0.3 is 0 Å². The molecule has 0 heterocycles. The van der Waals surface area contributed by atoms with Crippen molar-refractivity contribution in [2.75, 3.05) is 6.61 Å². The maximum Gasteiger partial charge on any atom is 0.0825 e. The third-order valence-corrected chi connectivity index (χ3v) is 3.24. The fourth-order valence-electron chi connectivity index (χ4n) is 2.27. The summed E-state index contributed by atoms with van der Waals surface area (Å²) in [6.45, 7) is 6.65. The second-order valence-electron chi connectivity index (χ2n) is 4.26. The molecule has 0 fully saturated rings. The van der Waals surface area contributed by atoms with Crippen molar-refractivity contribution in [3.63, 3.8) is 0 Å². The molecular weight excluding hydrogens is 196 g/mol. The summed E-state index contributed by atoms with van der Waals surface area (Å²) < 4.78 is 0. The van der Waals surface area contributed by atoms with Crippen molar-refractivity contribution in [2.24, 2.45) is 0 Å². The van der Waals surface area contributed by atoms with E-state index in [1.165, 1.54) is 22.3 Å². The minimum atomic E-state index is 0.0435. The molecule has 0 aliphatic carbocycles. The van der Waals surface area contributed by atoms with Gasteiger partial charge in [-0.2, -0.15) is 0 Å². The summed E-state index contributed by atoms with van der Waals surface area (Å²) in [5.74, 6) is 0. The van der Waals surface area contributed by atoms with E-state index in [2.05, 4.69) is 32.9 Å². The SMILES string of the molecule is CCc1cc(CC)c(CCC[O])c(CC)c1. The lowest BCUT2D eigenvalue weighted by molar-refractivity contribution is 0.189. The van der Waals surface area contributed by atoms with Crippen molar-refractivity contribution >= 4 is 0 Å². The van der Waals surface area contributed by atoms with Gasteiger partial charge in [0.05, 0.1) is 6.61 Å². The summed E-state index contributed by atoms with van der Waals surface area (Å²) >= 11 is 0. The van der Waals surface area contributed by atoms with E-state index in [4.69, 9.17) is 0 Å². The van der Waals surface area contributed by atoms with Crippen LogP contribution in [-0.2, 0) is 30.8 Å². The van der Waals surface area contributed by atoms with Crippen molar-refractivity contribution in [2.45, 2.75) is 52.9 Å². The molecule has 0 aromatic heterocycles. The Bertz CT molecular complexity index is 303. The monoisotopic (exact) mass is 219 g/mol. The molecule has 0 atom stereocenters. The smallest absolute Gasteiger partial charge is 0.0825 e. The van der Waals surface area contributed by atoms with Crippen LogP contribution >= 0.6 is 0 Å². The number of hydrogen-bond acceptors (Lipinski definition) is 0. The predicted octanol–water partition coefficient (Wildman–Crippen LogP) is 3.74. The first-order chi connectivity index (χ1) is 7.76. The Kier molecular flexibility index (Phi) is 5.54. The molecule has 0 aliphatic heterocycles.